The van der Waals surface area contributed by atoms with Crippen LogP contribution in [0, 0.1) is 17.3 Å². The van der Waals surface area contributed by atoms with Crippen LogP contribution in [0.2, 0.25) is 0 Å². The summed E-state index contributed by atoms with van der Waals surface area (Å²) in [6.45, 7) is 10.0. The van der Waals surface area contributed by atoms with Gasteiger partial charge in [-0.1, -0.05) is 6.58 Å². The van der Waals surface area contributed by atoms with Crippen LogP contribution in [0.3, 0.4) is 0 Å². The molecule has 3 N–H and O–H groups in total. The highest BCUT2D eigenvalue weighted by molar-refractivity contribution is 6.22. The molecular formula is C27H33N3O10. The minimum atomic E-state index is -1.54. The Morgan fingerprint density at radius 2 is 1.40 bits per heavy atom. The third-order valence-electron chi connectivity index (χ3n) is 7.65. The van der Waals surface area contributed by atoms with Crippen LogP contribution in [0.1, 0.15) is 32.6 Å². The Hall–Kier alpha value is -4.16. The van der Waals surface area contributed by atoms with Gasteiger partial charge >= 0.3 is 23.9 Å². The van der Waals surface area contributed by atoms with E-state index in [4.69, 9.17) is 14.9 Å². The highest BCUT2D eigenvalue weighted by atomic mass is 16.5. The number of carboxylic acid groups (broad SMARTS) is 3. The van der Waals surface area contributed by atoms with Crippen LogP contribution in [-0.2, 0) is 33.5 Å². The average molecular weight is 560 g/mol. The number of ketones is 2. The Kier molecular flexibility index (Phi) is 8.03. The van der Waals surface area contributed by atoms with Crippen molar-refractivity contribution in [1.29, 1.82) is 0 Å². The SMILES string of the molecule is C=C(C)C(=O)OCCC1(C(=O)O)CC(C(=O)O)CC(C(=O)O)C1.O=C1C=C(N2CC2)C(=O)C(N2CC2)=C1N1CC1. The van der Waals surface area contributed by atoms with E-state index in [1.165, 1.54) is 13.0 Å². The van der Waals surface area contributed by atoms with Crippen molar-refractivity contribution in [2.75, 3.05) is 45.9 Å². The first kappa shape index (κ1) is 28.8. The number of hydrogen-bond donors (Lipinski definition) is 3. The first-order valence-electron chi connectivity index (χ1n) is 13.2. The molecule has 0 radical (unpaired) electrons. The Balaban J connectivity index is 0.000000191. The third-order valence-corrected chi connectivity index (χ3v) is 7.65. The predicted octanol–water partition coefficient (Wildman–Crippen LogP) is 0.333. The number of hydrogen-bond acceptors (Lipinski definition) is 10. The maximum absolute atomic E-state index is 12.4. The van der Waals surface area contributed by atoms with Crippen molar-refractivity contribution in [1.82, 2.24) is 14.7 Å². The number of esters is 1. The molecule has 13 nitrogen and oxygen atoms in total. The molecule has 2 atom stereocenters. The molecule has 2 aliphatic carbocycles. The molecule has 0 aromatic rings. The fourth-order valence-electron chi connectivity index (χ4n) is 5.14. The van der Waals surface area contributed by atoms with Crippen LogP contribution in [-0.4, -0.2) is 111 Å². The first-order valence-corrected chi connectivity index (χ1v) is 13.2. The number of ether oxygens (including phenoxy) is 1. The summed E-state index contributed by atoms with van der Waals surface area (Å²) >= 11 is 0. The summed E-state index contributed by atoms with van der Waals surface area (Å²) in [6.07, 6.45) is 0.897. The second-order valence-corrected chi connectivity index (χ2v) is 10.8. The van der Waals surface area contributed by atoms with Crippen molar-refractivity contribution in [3.05, 3.63) is 35.3 Å². The van der Waals surface area contributed by atoms with Gasteiger partial charge in [-0.15, -0.1) is 0 Å². The quantitative estimate of drug-likeness (QED) is 0.144. The fraction of sp³-hybridized carbons (Fsp3) is 0.556. The molecule has 40 heavy (non-hydrogen) atoms. The fourth-order valence-corrected chi connectivity index (χ4v) is 5.14. The van der Waals surface area contributed by atoms with E-state index in [1.54, 1.807) is 0 Å². The molecule has 3 heterocycles. The van der Waals surface area contributed by atoms with Crippen molar-refractivity contribution in [2.45, 2.75) is 32.6 Å². The summed E-state index contributed by atoms with van der Waals surface area (Å²) in [7, 11) is 0. The third kappa shape index (κ3) is 6.35. The van der Waals surface area contributed by atoms with Gasteiger partial charge in [0.1, 0.15) is 11.4 Å². The van der Waals surface area contributed by atoms with Gasteiger partial charge in [-0.2, -0.15) is 0 Å². The van der Waals surface area contributed by atoms with E-state index in [2.05, 4.69) is 6.58 Å². The van der Waals surface area contributed by atoms with Gasteiger partial charge < -0.3 is 34.8 Å². The zero-order valence-corrected chi connectivity index (χ0v) is 22.3. The van der Waals surface area contributed by atoms with E-state index in [-0.39, 0.29) is 49.4 Å². The molecule has 5 aliphatic rings. The summed E-state index contributed by atoms with van der Waals surface area (Å²) < 4.78 is 4.88. The van der Waals surface area contributed by atoms with Gasteiger partial charge in [-0.25, -0.2) is 4.79 Å². The van der Waals surface area contributed by atoms with Crippen LogP contribution in [0.4, 0.5) is 0 Å². The number of aliphatic carboxylic acids is 3. The molecule has 0 aromatic carbocycles. The van der Waals surface area contributed by atoms with Crippen molar-refractivity contribution >= 4 is 35.4 Å². The number of rotatable bonds is 10. The average Bonchev–Trinajstić information content (AvgIpc) is 3.74. The van der Waals surface area contributed by atoms with E-state index >= 15 is 0 Å². The van der Waals surface area contributed by atoms with E-state index in [9.17, 15) is 33.9 Å². The predicted molar refractivity (Wildman–Crippen MR) is 136 cm³/mol. The van der Waals surface area contributed by atoms with Gasteiger partial charge in [0.2, 0.25) is 11.6 Å². The minimum absolute atomic E-state index is 0.00546. The Labute approximate surface area is 230 Å². The highest BCUT2D eigenvalue weighted by Gasteiger charge is 2.50. The smallest absolute Gasteiger partial charge is 0.333 e. The van der Waals surface area contributed by atoms with Crippen LogP contribution in [0.15, 0.2) is 35.3 Å². The van der Waals surface area contributed by atoms with Crippen LogP contribution in [0.25, 0.3) is 0 Å². The van der Waals surface area contributed by atoms with Gasteiger partial charge in [-0.3, -0.25) is 24.0 Å². The van der Waals surface area contributed by atoms with Gasteiger partial charge in [0.15, 0.2) is 0 Å². The van der Waals surface area contributed by atoms with E-state index in [1.807, 2.05) is 14.7 Å². The zero-order chi connectivity index (χ0) is 29.4. The number of Topliss-reactive ketones (excluding diaryl/α,β-unsaturated/α-hetero) is 1. The molecule has 3 aliphatic heterocycles. The van der Waals surface area contributed by atoms with Gasteiger partial charge in [0, 0.05) is 50.9 Å². The number of carbonyl (C=O) groups excluding carboxylic acids is 3. The molecule has 3 saturated heterocycles. The molecule has 0 amide bonds. The van der Waals surface area contributed by atoms with Crippen molar-refractivity contribution in [3.8, 4) is 0 Å². The molecule has 4 fully saturated rings. The molecule has 2 unspecified atom stereocenters. The molecule has 0 spiro atoms. The number of nitrogens with zero attached hydrogens (tertiary/aromatic N) is 3. The highest BCUT2D eigenvalue weighted by Crippen LogP contribution is 2.45. The van der Waals surface area contributed by atoms with Crippen LogP contribution >= 0.6 is 0 Å². The molecule has 216 valence electrons. The van der Waals surface area contributed by atoms with Crippen molar-refractivity contribution in [3.63, 3.8) is 0 Å². The Morgan fingerprint density at radius 1 is 0.900 bits per heavy atom. The Morgan fingerprint density at radius 3 is 1.82 bits per heavy atom. The van der Waals surface area contributed by atoms with E-state index in [0.29, 0.717) is 17.1 Å². The summed E-state index contributed by atoms with van der Waals surface area (Å²) in [4.78, 5) is 75.9. The lowest BCUT2D eigenvalue weighted by Gasteiger charge is -2.38. The van der Waals surface area contributed by atoms with Gasteiger partial charge in [-0.05, 0) is 32.6 Å². The van der Waals surface area contributed by atoms with Gasteiger partial charge in [0.25, 0.3) is 0 Å². The normalized spacial score (nSPS) is 26.8. The molecule has 13 heteroatoms. The van der Waals surface area contributed by atoms with Crippen LogP contribution in [0.5, 0.6) is 0 Å². The van der Waals surface area contributed by atoms with Crippen molar-refractivity contribution < 1.29 is 48.8 Å². The maximum Gasteiger partial charge on any atom is 0.333 e. The second-order valence-electron chi connectivity index (χ2n) is 10.8. The van der Waals surface area contributed by atoms with E-state index in [0.717, 1.165) is 39.3 Å². The topological polar surface area (TPSA) is 181 Å². The molecular weight excluding hydrogens is 526 g/mol. The summed E-state index contributed by atoms with van der Waals surface area (Å²) in [5, 5.41) is 27.8. The minimum Gasteiger partial charge on any atom is -0.481 e. The largest absolute Gasteiger partial charge is 0.481 e. The maximum atomic E-state index is 12.4. The van der Waals surface area contributed by atoms with Crippen molar-refractivity contribution in [2.24, 2.45) is 17.3 Å². The second kappa shape index (κ2) is 11.1. The van der Waals surface area contributed by atoms with Gasteiger partial charge in [0.05, 0.1) is 29.6 Å². The lowest BCUT2D eigenvalue weighted by atomic mass is 9.64. The number of allylic oxidation sites excluding steroid dienone is 1. The zero-order valence-electron chi connectivity index (χ0n) is 22.3. The molecule has 0 aromatic heterocycles. The number of carbonyl (C=O) groups is 6. The van der Waals surface area contributed by atoms with Crippen LogP contribution < -0.4 is 0 Å². The lowest BCUT2D eigenvalue weighted by molar-refractivity contribution is -0.164. The summed E-state index contributed by atoms with van der Waals surface area (Å²) in [5.41, 5.74) is 0.502. The Bertz CT molecular complexity index is 1200. The first-order chi connectivity index (χ1) is 18.8. The van der Waals surface area contributed by atoms with E-state index < -0.39 is 41.1 Å². The molecule has 0 bridgehead atoms. The molecule has 5 rings (SSSR count). The monoisotopic (exact) mass is 559 g/mol. The molecule has 1 saturated carbocycles. The standard InChI is InChI=1S/C15H20O8.C12H13N3O2/c1-8(2)13(20)23-4-3-15(14(21)22)6-9(11(16)17)5-10(7-15)12(18)19;16-9-7-8(13-1-2-13)12(17)11(15-5-6-15)10(9)14-3-4-14/h9-10H,1,3-7H2,2H3,(H,16,17)(H,18,19)(H,21,22);7H,1-6H2. The number of carboxylic acids is 3. The summed E-state index contributed by atoms with van der Waals surface area (Å²) in [5.74, 6) is -6.46. The lowest BCUT2D eigenvalue weighted by Crippen LogP contribution is -2.44. The summed E-state index contributed by atoms with van der Waals surface area (Å²) in [6, 6.07) is 0.